The fourth-order valence-corrected chi connectivity index (χ4v) is 2.21. The molecular weight excluding hydrogens is 264 g/mol. The minimum absolute atomic E-state index is 0.838. The summed E-state index contributed by atoms with van der Waals surface area (Å²) in [4.78, 5) is 8.69. The predicted octanol–water partition coefficient (Wildman–Crippen LogP) is 3.53. The van der Waals surface area contributed by atoms with Gasteiger partial charge in [-0.2, -0.15) is 0 Å². The van der Waals surface area contributed by atoms with Crippen LogP contribution in [0, 0.1) is 6.92 Å². The third kappa shape index (κ3) is 3.42. The van der Waals surface area contributed by atoms with Crippen molar-refractivity contribution in [2.75, 3.05) is 24.3 Å². The first-order valence-corrected chi connectivity index (χ1v) is 7.19. The predicted molar refractivity (Wildman–Crippen MR) is 86.6 cm³/mol. The van der Waals surface area contributed by atoms with Crippen LogP contribution in [0.1, 0.15) is 25.0 Å². The van der Waals surface area contributed by atoms with E-state index in [9.17, 15) is 0 Å². The van der Waals surface area contributed by atoms with Crippen LogP contribution in [0.15, 0.2) is 24.5 Å². The second-order valence-corrected chi connectivity index (χ2v) is 4.74. The summed E-state index contributed by atoms with van der Waals surface area (Å²) in [6.45, 7) is 7.04. The van der Waals surface area contributed by atoms with Crippen molar-refractivity contribution >= 4 is 17.3 Å². The highest BCUT2D eigenvalue weighted by Gasteiger charge is 2.10. The number of hydrogen-bond acceptors (Lipinski definition) is 5. The third-order valence-electron chi connectivity index (χ3n) is 3.33. The number of benzene rings is 1. The van der Waals surface area contributed by atoms with Crippen LogP contribution < -0.4 is 15.4 Å². The van der Waals surface area contributed by atoms with Crippen LogP contribution in [-0.4, -0.2) is 23.6 Å². The van der Waals surface area contributed by atoms with Gasteiger partial charge < -0.3 is 15.4 Å². The van der Waals surface area contributed by atoms with Crippen molar-refractivity contribution in [1.29, 1.82) is 0 Å². The SMILES string of the molecule is CCNc1ncnc(Nc2ccc(OC)cc2C)c1CC. The van der Waals surface area contributed by atoms with Gasteiger partial charge in [0.15, 0.2) is 0 Å². The van der Waals surface area contributed by atoms with Gasteiger partial charge in [-0.1, -0.05) is 6.92 Å². The molecule has 0 bridgehead atoms. The van der Waals surface area contributed by atoms with Gasteiger partial charge >= 0.3 is 0 Å². The summed E-state index contributed by atoms with van der Waals surface area (Å²) in [6, 6.07) is 5.94. The molecule has 0 aliphatic carbocycles. The van der Waals surface area contributed by atoms with Crippen LogP contribution in [-0.2, 0) is 6.42 Å². The van der Waals surface area contributed by atoms with Crippen molar-refractivity contribution < 1.29 is 4.74 Å². The summed E-state index contributed by atoms with van der Waals surface area (Å²) >= 11 is 0. The van der Waals surface area contributed by atoms with Gasteiger partial charge in [0.25, 0.3) is 0 Å². The van der Waals surface area contributed by atoms with Gasteiger partial charge in [-0.15, -0.1) is 0 Å². The van der Waals surface area contributed by atoms with E-state index in [1.165, 1.54) is 0 Å². The summed E-state index contributed by atoms with van der Waals surface area (Å²) in [5.74, 6) is 2.59. The number of hydrogen-bond donors (Lipinski definition) is 2. The maximum atomic E-state index is 5.23. The number of aromatic nitrogens is 2. The van der Waals surface area contributed by atoms with E-state index in [0.717, 1.165) is 47.2 Å². The lowest BCUT2D eigenvalue weighted by molar-refractivity contribution is 0.414. The Hall–Kier alpha value is -2.30. The number of ether oxygens (including phenoxy) is 1. The molecule has 2 rings (SSSR count). The fraction of sp³-hybridized carbons (Fsp3) is 0.375. The van der Waals surface area contributed by atoms with E-state index in [0.29, 0.717) is 0 Å². The monoisotopic (exact) mass is 286 g/mol. The van der Waals surface area contributed by atoms with E-state index >= 15 is 0 Å². The van der Waals surface area contributed by atoms with Gasteiger partial charge in [-0.05, 0) is 44.0 Å². The van der Waals surface area contributed by atoms with Crippen molar-refractivity contribution in [3.05, 3.63) is 35.7 Å². The molecule has 0 aliphatic rings. The topological polar surface area (TPSA) is 59.1 Å². The van der Waals surface area contributed by atoms with Gasteiger partial charge in [0, 0.05) is 17.8 Å². The Morgan fingerprint density at radius 2 is 1.90 bits per heavy atom. The van der Waals surface area contributed by atoms with Crippen LogP contribution in [0.4, 0.5) is 17.3 Å². The van der Waals surface area contributed by atoms with Gasteiger partial charge in [0.1, 0.15) is 23.7 Å². The second kappa shape index (κ2) is 6.92. The zero-order valence-corrected chi connectivity index (χ0v) is 13.0. The van der Waals surface area contributed by atoms with E-state index in [4.69, 9.17) is 4.74 Å². The van der Waals surface area contributed by atoms with Crippen molar-refractivity contribution in [3.63, 3.8) is 0 Å². The van der Waals surface area contributed by atoms with E-state index in [1.54, 1.807) is 13.4 Å². The molecule has 2 aromatic rings. The average Bonchev–Trinajstić information content (AvgIpc) is 2.50. The Kier molecular flexibility index (Phi) is 4.98. The van der Waals surface area contributed by atoms with E-state index in [1.807, 2.05) is 25.1 Å². The Balaban J connectivity index is 2.33. The minimum Gasteiger partial charge on any atom is -0.497 e. The molecule has 0 aliphatic heterocycles. The Labute approximate surface area is 125 Å². The molecule has 0 radical (unpaired) electrons. The van der Waals surface area contributed by atoms with E-state index < -0.39 is 0 Å². The molecule has 0 unspecified atom stereocenters. The van der Waals surface area contributed by atoms with Gasteiger partial charge in [0.05, 0.1) is 7.11 Å². The molecule has 5 nitrogen and oxygen atoms in total. The molecule has 0 atom stereocenters. The Morgan fingerprint density at radius 3 is 2.52 bits per heavy atom. The smallest absolute Gasteiger partial charge is 0.139 e. The molecule has 112 valence electrons. The Bertz CT molecular complexity index is 613. The summed E-state index contributed by atoms with van der Waals surface area (Å²) in [5, 5.41) is 6.67. The zero-order chi connectivity index (χ0) is 15.2. The summed E-state index contributed by atoms with van der Waals surface area (Å²) < 4.78 is 5.23. The first-order valence-electron chi connectivity index (χ1n) is 7.19. The number of aryl methyl sites for hydroxylation is 1. The second-order valence-electron chi connectivity index (χ2n) is 4.74. The van der Waals surface area contributed by atoms with Crippen LogP contribution in [0.3, 0.4) is 0 Å². The highest BCUT2D eigenvalue weighted by molar-refractivity contribution is 5.67. The number of nitrogens with one attached hydrogen (secondary N) is 2. The van der Waals surface area contributed by atoms with E-state index in [2.05, 4.69) is 34.4 Å². The maximum absolute atomic E-state index is 5.23. The molecule has 0 saturated heterocycles. The number of methoxy groups -OCH3 is 1. The number of rotatable bonds is 6. The average molecular weight is 286 g/mol. The number of nitrogens with zero attached hydrogens (tertiary/aromatic N) is 2. The molecule has 1 heterocycles. The summed E-state index contributed by atoms with van der Waals surface area (Å²) in [5.41, 5.74) is 3.22. The van der Waals surface area contributed by atoms with Gasteiger partial charge in [-0.3, -0.25) is 0 Å². The van der Waals surface area contributed by atoms with Crippen LogP contribution >= 0.6 is 0 Å². The van der Waals surface area contributed by atoms with Crippen LogP contribution in [0.2, 0.25) is 0 Å². The van der Waals surface area contributed by atoms with Crippen LogP contribution in [0.25, 0.3) is 0 Å². The molecule has 0 saturated carbocycles. The largest absolute Gasteiger partial charge is 0.497 e. The Morgan fingerprint density at radius 1 is 1.14 bits per heavy atom. The molecule has 0 fully saturated rings. The highest BCUT2D eigenvalue weighted by atomic mass is 16.5. The maximum Gasteiger partial charge on any atom is 0.139 e. The lowest BCUT2D eigenvalue weighted by Gasteiger charge is -2.15. The van der Waals surface area contributed by atoms with Crippen LogP contribution in [0.5, 0.6) is 5.75 Å². The molecule has 1 aromatic carbocycles. The van der Waals surface area contributed by atoms with Crippen molar-refractivity contribution in [1.82, 2.24) is 9.97 Å². The standard InChI is InChI=1S/C16H22N4O/c1-5-13-15(17-6-2)18-10-19-16(13)20-14-8-7-12(21-4)9-11(14)3/h7-10H,5-6H2,1-4H3,(H2,17,18,19,20). The molecule has 5 heteroatoms. The van der Waals surface area contributed by atoms with Gasteiger partial charge in [0.2, 0.25) is 0 Å². The summed E-state index contributed by atoms with van der Waals surface area (Å²) in [6.07, 6.45) is 2.44. The fourth-order valence-electron chi connectivity index (χ4n) is 2.21. The minimum atomic E-state index is 0.838. The molecule has 21 heavy (non-hydrogen) atoms. The molecule has 1 aromatic heterocycles. The zero-order valence-electron chi connectivity index (χ0n) is 13.0. The van der Waals surface area contributed by atoms with E-state index in [-0.39, 0.29) is 0 Å². The molecule has 2 N–H and O–H groups in total. The molecular formula is C16H22N4O. The van der Waals surface area contributed by atoms with Crippen molar-refractivity contribution in [2.24, 2.45) is 0 Å². The van der Waals surface area contributed by atoms with Gasteiger partial charge in [-0.25, -0.2) is 9.97 Å². The van der Waals surface area contributed by atoms with Crippen molar-refractivity contribution in [3.8, 4) is 5.75 Å². The quantitative estimate of drug-likeness (QED) is 0.850. The first kappa shape index (κ1) is 15.1. The van der Waals surface area contributed by atoms with Crippen molar-refractivity contribution in [2.45, 2.75) is 27.2 Å². The highest BCUT2D eigenvalue weighted by Crippen LogP contribution is 2.27. The molecule has 0 spiro atoms. The lowest BCUT2D eigenvalue weighted by Crippen LogP contribution is -2.07. The lowest BCUT2D eigenvalue weighted by atomic mass is 10.1. The molecule has 0 amide bonds. The normalized spacial score (nSPS) is 10.3. The summed E-state index contributed by atoms with van der Waals surface area (Å²) in [7, 11) is 1.67. The third-order valence-corrected chi connectivity index (χ3v) is 3.33. The number of anilines is 3. The first-order chi connectivity index (χ1) is 10.2.